The van der Waals surface area contributed by atoms with Crippen molar-refractivity contribution in [3.63, 3.8) is 0 Å². The van der Waals surface area contributed by atoms with Crippen LogP contribution in [0.25, 0.3) is 5.70 Å². The van der Waals surface area contributed by atoms with E-state index < -0.39 is 0 Å². The molecule has 7 heteroatoms. The molecule has 0 spiro atoms. The Bertz CT molecular complexity index is 1150. The number of hydrogen-bond donors (Lipinski definition) is 2. The highest BCUT2D eigenvalue weighted by atomic mass is 35.5. The highest BCUT2D eigenvalue weighted by Gasteiger charge is 2.35. The third-order valence-corrected chi connectivity index (χ3v) is 6.78. The number of nitrogens with one attached hydrogen (secondary N) is 2. The standard InChI is InChI=1S/C26H35ClN6/c1-16(2)14-33-10-9-22(19(33)5)26(31-24-8-7-20-11-21(24)12-20)30-18(4)23-13-28-32(6)15-25(27)29-17(23)3/h7,9-10,13,15-16,21,24,28H,4,8,11-12,14H2,1-3,5-6H3,(H,30,31). The van der Waals surface area contributed by atoms with Crippen molar-refractivity contribution in [1.82, 2.24) is 24.6 Å². The van der Waals surface area contributed by atoms with Gasteiger partial charge in [-0.05, 0) is 51.0 Å². The quantitative estimate of drug-likeness (QED) is 0.325. The van der Waals surface area contributed by atoms with Gasteiger partial charge < -0.3 is 15.0 Å². The predicted molar refractivity (Wildman–Crippen MR) is 137 cm³/mol. The number of hydrogen-bond acceptors (Lipinski definition) is 2. The Morgan fingerprint density at radius 3 is 2.76 bits per heavy atom. The first kappa shape index (κ1) is 23.4. The Labute approximate surface area is 201 Å². The number of nitrogens with zero attached hydrogens (tertiary/aromatic N) is 4. The lowest BCUT2D eigenvalue weighted by Crippen LogP contribution is -2.46. The zero-order valence-corrected chi connectivity index (χ0v) is 21.1. The van der Waals surface area contributed by atoms with Crippen LogP contribution in [0.15, 0.2) is 47.9 Å². The Hall–Kier alpha value is -2.73. The maximum absolute atomic E-state index is 6.25. The molecule has 6 nitrogen and oxygen atoms in total. The second kappa shape index (κ2) is 9.64. The number of allylic oxidation sites excluding steroid dienone is 1. The summed E-state index contributed by atoms with van der Waals surface area (Å²) < 4.78 is 4.07. The van der Waals surface area contributed by atoms with E-state index in [1.165, 1.54) is 18.5 Å². The van der Waals surface area contributed by atoms with Gasteiger partial charge in [0.1, 0.15) is 11.0 Å². The van der Waals surface area contributed by atoms with Gasteiger partial charge >= 0.3 is 0 Å². The SMILES string of the molecule is C=C(/N=C(/NC1CC=C2CC1C2)c1ccn(CC(C)C)c1C)c1c[nH]n(C)cc(Cl)nc1C. The van der Waals surface area contributed by atoms with Crippen LogP contribution in [0.1, 0.15) is 55.6 Å². The fraction of sp³-hybridized carbons (Fsp3) is 0.462. The van der Waals surface area contributed by atoms with Crippen LogP contribution in [0.3, 0.4) is 0 Å². The van der Waals surface area contributed by atoms with Gasteiger partial charge in [-0.3, -0.25) is 4.68 Å². The van der Waals surface area contributed by atoms with Crippen LogP contribution in [0, 0.1) is 25.7 Å². The van der Waals surface area contributed by atoms with Crippen molar-refractivity contribution >= 4 is 23.1 Å². The lowest BCUT2D eigenvalue weighted by atomic mass is 9.69. The van der Waals surface area contributed by atoms with Gasteiger partial charge in [-0.15, -0.1) is 0 Å². The first-order valence-corrected chi connectivity index (χ1v) is 12.1. The average molecular weight is 467 g/mol. The summed E-state index contributed by atoms with van der Waals surface area (Å²) in [5.74, 6) is 2.13. The van der Waals surface area contributed by atoms with Gasteiger partial charge in [-0.1, -0.05) is 43.7 Å². The second-order valence-corrected chi connectivity index (χ2v) is 10.1. The molecule has 3 aliphatic rings. The molecule has 1 fully saturated rings. The maximum atomic E-state index is 6.25. The molecule has 0 radical (unpaired) electrons. The Morgan fingerprint density at radius 2 is 2.09 bits per heavy atom. The summed E-state index contributed by atoms with van der Waals surface area (Å²) >= 11 is 6.25. The van der Waals surface area contributed by atoms with Crippen LogP contribution in [-0.2, 0) is 13.6 Å². The van der Waals surface area contributed by atoms with E-state index in [0.29, 0.717) is 28.7 Å². The van der Waals surface area contributed by atoms with Crippen LogP contribution in [0.2, 0.25) is 5.15 Å². The van der Waals surface area contributed by atoms with E-state index in [0.717, 1.165) is 35.6 Å². The zero-order chi connectivity index (χ0) is 23.7. The summed E-state index contributed by atoms with van der Waals surface area (Å²) in [6.45, 7) is 13.9. The molecule has 1 unspecified atom stereocenters. The van der Waals surface area contributed by atoms with Crippen molar-refractivity contribution < 1.29 is 0 Å². The van der Waals surface area contributed by atoms with E-state index in [4.69, 9.17) is 16.6 Å². The maximum Gasteiger partial charge on any atom is 0.147 e. The molecule has 0 saturated heterocycles. The van der Waals surface area contributed by atoms with Gasteiger partial charge in [-0.25, -0.2) is 9.98 Å². The third kappa shape index (κ3) is 5.27. The Morgan fingerprint density at radius 1 is 1.33 bits per heavy atom. The first-order chi connectivity index (χ1) is 15.7. The topological polar surface area (TPSA) is 62.9 Å². The lowest BCUT2D eigenvalue weighted by molar-refractivity contribution is 0.294. The van der Waals surface area contributed by atoms with E-state index in [1.807, 2.05) is 20.2 Å². The molecule has 1 atom stereocenters. The normalized spacial score (nSPS) is 19.7. The minimum Gasteiger partial charge on any atom is -0.366 e. The Balaban J connectivity index is 1.73. The summed E-state index contributed by atoms with van der Waals surface area (Å²) in [6.07, 6.45) is 11.6. The molecule has 1 saturated carbocycles. The number of rotatable bonds is 6. The minimum absolute atomic E-state index is 0.393. The van der Waals surface area contributed by atoms with Gasteiger partial charge in [0.05, 0.1) is 11.9 Å². The molecule has 0 aliphatic heterocycles. The molecular formula is C26H35ClN6. The summed E-state index contributed by atoms with van der Waals surface area (Å²) in [7, 11) is 1.87. The largest absolute Gasteiger partial charge is 0.366 e. The van der Waals surface area contributed by atoms with Crippen molar-refractivity contribution in [3.05, 3.63) is 70.6 Å². The number of aryl methyl sites for hydroxylation is 2. The van der Waals surface area contributed by atoms with Gasteiger partial charge in [0.2, 0.25) is 0 Å². The molecule has 5 rings (SSSR count). The van der Waals surface area contributed by atoms with Crippen molar-refractivity contribution in [1.29, 1.82) is 0 Å². The number of halogens is 1. The van der Waals surface area contributed by atoms with Crippen molar-refractivity contribution in [2.24, 2.45) is 23.9 Å². The molecule has 2 aromatic rings. The number of aromatic nitrogens is 4. The van der Waals surface area contributed by atoms with Crippen LogP contribution < -0.4 is 5.32 Å². The van der Waals surface area contributed by atoms with Crippen LogP contribution in [0.4, 0.5) is 0 Å². The van der Waals surface area contributed by atoms with Crippen LogP contribution >= 0.6 is 11.6 Å². The first-order valence-electron chi connectivity index (χ1n) is 11.7. The van der Waals surface area contributed by atoms with Crippen molar-refractivity contribution in [3.8, 4) is 0 Å². The van der Waals surface area contributed by atoms with E-state index in [-0.39, 0.29) is 0 Å². The van der Waals surface area contributed by atoms with Gasteiger partial charge in [0, 0.05) is 54.5 Å². The van der Waals surface area contributed by atoms with Crippen LogP contribution in [-0.4, -0.2) is 31.2 Å². The summed E-state index contributed by atoms with van der Waals surface area (Å²) in [4.78, 5) is 9.54. The smallest absolute Gasteiger partial charge is 0.147 e. The van der Waals surface area contributed by atoms with E-state index in [9.17, 15) is 0 Å². The van der Waals surface area contributed by atoms with Gasteiger partial charge in [-0.2, -0.15) is 0 Å². The summed E-state index contributed by atoms with van der Waals surface area (Å²) in [5.41, 5.74) is 6.16. The second-order valence-electron chi connectivity index (χ2n) is 9.73. The molecule has 33 heavy (non-hydrogen) atoms. The average Bonchev–Trinajstić information content (AvgIpc) is 3.05. The highest BCUT2D eigenvalue weighted by Crippen LogP contribution is 2.41. The molecule has 2 bridgehead atoms. The molecular weight excluding hydrogens is 432 g/mol. The molecule has 3 aliphatic carbocycles. The Kier molecular flexibility index (Phi) is 6.84. The van der Waals surface area contributed by atoms with Crippen molar-refractivity contribution in [2.45, 2.75) is 59.5 Å². The molecule has 0 aromatic carbocycles. The van der Waals surface area contributed by atoms with Crippen molar-refractivity contribution in [2.75, 3.05) is 0 Å². The number of amidine groups is 1. The molecule has 2 heterocycles. The molecule has 176 valence electrons. The fourth-order valence-corrected chi connectivity index (χ4v) is 4.94. The van der Waals surface area contributed by atoms with E-state index in [1.54, 1.807) is 16.5 Å². The molecule has 2 N–H and O–H groups in total. The number of fused-ring (bicyclic) bond motifs is 2. The van der Waals surface area contributed by atoms with E-state index >= 15 is 0 Å². The van der Waals surface area contributed by atoms with Crippen LogP contribution in [0.5, 0.6) is 0 Å². The minimum atomic E-state index is 0.393. The molecule has 0 amide bonds. The summed E-state index contributed by atoms with van der Waals surface area (Å²) in [5, 5.41) is 7.38. The number of aromatic amines is 1. The monoisotopic (exact) mass is 466 g/mol. The number of H-pyrrole nitrogens is 1. The summed E-state index contributed by atoms with van der Waals surface area (Å²) in [6, 6.07) is 2.56. The van der Waals surface area contributed by atoms with Gasteiger partial charge in [0.25, 0.3) is 0 Å². The fourth-order valence-electron chi connectivity index (χ4n) is 4.67. The predicted octanol–water partition coefficient (Wildman–Crippen LogP) is 5.72. The van der Waals surface area contributed by atoms with E-state index in [2.05, 4.69) is 65.7 Å². The zero-order valence-electron chi connectivity index (χ0n) is 20.3. The lowest BCUT2D eigenvalue weighted by Gasteiger charge is -2.41. The third-order valence-electron chi connectivity index (χ3n) is 6.59. The number of aliphatic imine (C=N–C) groups is 1. The van der Waals surface area contributed by atoms with Gasteiger partial charge in [0.15, 0.2) is 0 Å². The molecule has 2 aromatic heterocycles. The highest BCUT2D eigenvalue weighted by molar-refractivity contribution is 6.29.